The molecular formula is C23H23NO5. The van der Waals surface area contributed by atoms with Gasteiger partial charge in [-0.25, -0.2) is 0 Å². The number of hydrogen-bond donors (Lipinski definition) is 1. The zero-order chi connectivity index (χ0) is 20.9. The molecule has 0 heterocycles. The van der Waals surface area contributed by atoms with Crippen molar-refractivity contribution in [2.24, 2.45) is 5.92 Å². The number of benzene rings is 2. The Balaban J connectivity index is 2.08. The molecule has 0 unspecified atom stereocenters. The first-order valence-corrected chi connectivity index (χ1v) is 9.28. The molecule has 0 amide bonds. The van der Waals surface area contributed by atoms with Crippen LogP contribution in [-0.4, -0.2) is 38.0 Å². The molecule has 150 valence electrons. The van der Waals surface area contributed by atoms with Crippen LogP contribution in [0, 0.1) is 5.92 Å². The maximum Gasteiger partial charge on any atom is 0.320 e. The Hall–Kier alpha value is -3.41. The second-order valence-electron chi connectivity index (χ2n) is 6.85. The van der Waals surface area contributed by atoms with Gasteiger partial charge in [0.2, 0.25) is 0 Å². The van der Waals surface area contributed by atoms with Crippen molar-refractivity contribution < 1.29 is 23.9 Å². The molecule has 0 aliphatic heterocycles. The van der Waals surface area contributed by atoms with E-state index in [1.54, 1.807) is 6.08 Å². The van der Waals surface area contributed by atoms with Gasteiger partial charge >= 0.3 is 11.9 Å². The molecule has 6 heteroatoms. The number of hydrogen-bond acceptors (Lipinski definition) is 6. The molecule has 0 spiro atoms. The van der Waals surface area contributed by atoms with Gasteiger partial charge in [-0.05, 0) is 30.2 Å². The van der Waals surface area contributed by atoms with Gasteiger partial charge < -0.3 is 14.8 Å². The lowest BCUT2D eigenvalue weighted by Crippen LogP contribution is -2.49. The monoisotopic (exact) mass is 393 g/mol. The van der Waals surface area contributed by atoms with E-state index in [0.717, 1.165) is 5.69 Å². The number of carbonyl (C=O) groups excluding carboxylic acids is 3. The van der Waals surface area contributed by atoms with Gasteiger partial charge in [-0.15, -0.1) is 0 Å². The summed E-state index contributed by atoms with van der Waals surface area (Å²) in [6.45, 7) is 0. The third-order valence-electron chi connectivity index (χ3n) is 5.29. The summed E-state index contributed by atoms with van der Waals surface area (Å²) in [4.78, 5) is 38.0. The van der Waals surface area contributed by atoms with Gasteiger partial charge in [0.25, 0.3) is 0 Å². The first kappa shape index (κ1) is 20.3. The fourth-order valence-electron chi connectivity index (χ4n) is 3.81. The maximum atomic E-state index is 13.2. The average molecular weight is 393 g/mol. The van der Waals surface area contributed by atoms with E-state index in [9.17, 15) is 14.4 Å². The van der Waals surface area contributed by atoms with Gasteiger partial charge in [0.1, 0.15) is 0 Å². The molecule has 2 atom stereocenters. The van der Waals surface area contributed by atoms with Crippen LogP contribution in [-0.2, 0) is 29.3 Å². The van der Waals surface area contributed by atoms with Gasteiger partial charge in [-0.3, -0.25) is 14.4 Å². The van der Waals surface area contributed by atoms with Crippen LogP contribution in [0.4, 0.5) is 5.69 Å². The second kappa shape index (κ2) is 8.73. The first-order chi connectivity index (χ1) is 14.0. The molecular weight excluding hydrogens is 370 g/mol. The van der Waals surface area contributed by atoms with E-state index in [0.29, 0.717) is 5.56 Å². The number of ketones is 1. The SMILES string of the molecule is COC(=O)C(C[C@]1(c2ccccc2)C(=O)C=C[C@H]1Nc1ccccc1)C(=O)OC. The molecule has 3 rings (SSSR count). The minimum Gasteiger partial charge on any atom is -0.468 e. The van der Waals surface area contributed by atoms with E-state index in [-0.39, 0.29) is 12.2 Å². The lowest BCUT2D eigenvalue weighted by Gasteiger charge is -2.37. The van der Waals surface area contributed by atoms with E-state index < -0.39 is 29.3 Å². The van der Waals surface area contributed by atoms with Crippen LogP contribution in [0.2, 0.25) is 0 Å². The summed E-state index contributed by atoms with van der Waals surface area (Å²) in [7, 11) is 2.42. The molecule has 0 bridgehead atoms. The Bertz CT molecular complexity index is 893. The van der Waals surface area contributed by atoms with Crippen molar-refractivity contribution in [3.8, 4) is 0 Å². The number of nitrogens with one attached hydrogen (secondary N) is 1. The number of ether oxygens (including phenoxy) is 2. The summed E-state index contributed by atoms with van der Waals surface area (Å²) < 4.78 is 9.65. The van der Waals surface area contributed by atoms with Gasteiger partial charge in [-0.2, -0.15) is 0 Å². The third-order valence-corrected chi connectivity index (χ3v) is 5.29. The molecule has 6 nitrogen and oxygen atoms in total. The number of rotatable bonds is 7. The predicted molar refractivity (Wildman–Crippen MR) is 108 cm³/mol. The molecule has 0 radical (unpaired) electrons. The highest BCUT2D eigenvalue weighted by molar-refractivity contribution is 6.05. The number of para-hydroxylation sites is 1. The van der Waals surface area contributed by atoms with E-state index in [4.69, 9.17) is 9.47 Å². The van der Waals surface area contributed by atoms with Crippen LogP contribution in [0.15, 0.2) is 72.8 Å². The van der Waals surface area contributed by atoms with Crippen LogP contribution in [0.3, 0.4) is 0 Å². The minimum atomic E-state index is -1.23. The Morgan fingerprint density at radius 2 is 1.52 bits per heavy atom. The minimum absolute atomic E-state index is 0.0767. The third kappa shape index (κ3) is 3.92. The molecule has 0 saturated heterocycles. The Morgan fingerprint density at radius 3 is 2.07 bits per heavy atom. The molecule has 0 saturated carbocycles. The fourth-order valence-corrected chi connectivity index (χ4v) is 3.81. The summed E-state index contributed by atoms with van der Waals surface area (Å²) in [5.74, 6) is -2.88. The van der Waals surface area contributed by atoms with Crippen molar-refractivity contribution in [3.05, 3.63) is 78.4 Å². The quantitative estimate of drug-likeness (QED) is 0.575. The van der Waals surface area contributed by atoms with Crippen molar-refractivity contribution >= 4 is 23.4 Å². The lowest BCUT2D eigenvalue weighted by molar-refractivity contribution is -0.159. The smallest absolute Gasteiger partial charge is 0.320 e. The van der Waals surface area contributed by atoms with Gasteiger partial charge in [0.05, 0.1) is 25.7 Å². The molecule has 1 aliphatic carbocycles. The second-order valence-corrected chi connectivity index (χ2v) is 6.85. The molecule has 2 aromatic carbocycles. The standard InChI is InChI=1S/C23H23NO5/c1-28-21(26)18(22(27)29-2)15-23(16-9-5-3-6-10-16)19(13-14-20(23)25)24-17-11-7-4-8-12-17/h3-14,18-19,24H,15H2,1-2H3/t19-,23-/m1/s1. The van der Waals surface area contributed by atoms with E-state index >= 15 is 0 Å². The van der Waals surface area contributed by atoms with E-state index in [2.05, 4.69) is 5.32 Å². The van der Waals surface area contributed by atoms with E-state index in [1.807, 2.05) is 60.7 Å². The normalized spacial score (nSPS) is 20.5. The van der Waals surface area contributed by atoms with Crippen molar-refractivity contribution in [1.29, 1.82) is 0 Å². The fraction of sp³-hybridized carbons (Fsp3) is 0.261. The summed E-state index contributed by atoms with van der Waals surface area (Å²) in [5.41, 5.74) is 0.371. The molecule has 0 fully saturated rings. The van der Waals surface area contributed by atoms with Crippen LogP contribution >= 0.6 is 0 Å². The maximum absolute atomic E-state index is 13.2. The lowest BCUT2D eigenvalue weighted by atomic mass is 9.68. The van der Waals surface area contributed by atoms with Gasteiger partial charge in [0.15, 0.2) is 11.7 Å². The topological polar surface area (TPSA) is 81.7 Å². The number of esters is 2. The Labute approximate surface area is 169 Å². The van der Waals surface area contributed by atoms with Crippen molar-refractivity contribution in [3.63, 3.8) is 0 Å². The molecule has 2 aromatic rings. The number of allylic oxidation sites excluding steroid dienone is 1. The molecule has 29 heavy (non-hydrogen) atoms. The van der Waals surface area contributed by atoms with Crippen LogP contribution in [0.25, 0.3) is 0 Å². The summed E-state index contributed by atoms with van der Waals surface area (Å²) in [6.07, 6.45) is 3.19. The van der Waals surface area contributed by atoms with Crippen molar-refractivity contribution in [1.82, 2.24) is 0 Å². The highest BCUT2D eigenvalue weighted by Gasteiger charge is 2.52. The van der Waals surface area contributed by atoms with E-state index in [1.165, 1.54) is 20.3 Å². The zero-order valence-electron chi connectivity index (χ0n) is 16.3. The van der Waals surface area contributed by atoms with Crippen LogP contribution in [0.1, 0.15) is 12.0 Å². The highest BCUT2D eigenvalue weighted by atomic mass is 16.5. The summed E-state index contributed by atoms with van der Waals surface area (Å²) >= 11 is 0. The first-order valence-electron chi connectivity index (χ1n) is 9.28. The average Bonchev–Trinajstić information content (AvgIpc) is 3.08. The zero-order valence-corrected chi connectivity index (χ0v) is 16.3. The highest BCUT2D eigenvalue weighted by Crippen LogP contribution is 2.42. The van der Waals surface area contributed by atoms with Crippen LogP contribution < -0.4 is 5.32 Å². The summed E-state index contributed by atoms with van der Waals surface area (Å²) in [6, 6.07) is 18.2. The predicted octanol–water partition coefficient (Wildman–Crippen LogP) is 2.90. The number of carbonyl (C=O) groups is 3. The molecule has 1 aliphatic rings. The molecule has 1 N–H and O–H groups in total. The number of anilines is 1. The van der Waals surface area contributed by atoms with Crippen molar-refractivity contribution in [2.75, 3.05) is 19.5 Å². The van der Waals surface area contributed by atoms with Gasteiger partial charge in [-0.1, -0.05) is 54.6 Å². The largest absolute Gasteiger partial charge is 0.468 e. The van der Waals surface area contributed by atoms with Crippen LogP contribution in [0.5, 0.6) is 0 Å². The Morgan fingerprint density at radius 1 is 0.966 bits per heavy atom. The Kier molecular flexibility index (Phi) is 6.12. The van der Waals surface area contributed by atoms with Crippen molar-refractivity contribution in [2.45, 2.75) is 17.9 Å². The van der Waals surface area contributed by atoms with Gasteiger partial charge in [0, 0.05) is 5.69 Å². The summed E-state index contributed by atoms with van der Waals surface area (Å²) in [5, 5.41) is 3.37. The molecule has 0 aromatic heterocycles. The number of methoxy groups -OCH3 is 2.